The number of aromatic nitrogens is 2. The molecule has 2 aromatic rings. The highest BCUT2D eigenvalue weighted by Gasteiger charge is 2.12. The fourth-order valence-corrected chi connectivity index (χ4v) is 2.68. The zero-order valence-electron chi connectivity index (χ0n) is 11.0. The van der Waals surface area contributed by atoms with Crippen molar-refractivity contribution in [1.29, 1.82) is 0 Å². The quantitative estimate of drug-likeness (QED) is 0.644. The van der Waals surface area contributed by atoms with E-state index in [1.54, 1.807) is 19.4 Å². The van der Waals surface area contributed by atoms with Crippen LogP contribution in [-0.4, -0.2) is 30.3 Å². The Hall–Kier alpha value is -1.38. The highest BCUT2D eigenvalue weighted by Crippen LogP contribution is 2.35. The van der Waals surface area contributed by atoms with Crippen LogP contribution in [0, 0.1) is 0 Å². The van der Waals surface area contributed by atoms with E-state index in [0.717, 1.165) is 11.0 Å². The molecule has 0 atom stereocenters. The highest BCUT2D eigenvalue weighted by molar-refractivity contribution is 7.70. The van der Waals surface area contributed by atoms with Crippen LogP contribution in [0.2, 0.25) is 5.15 Å². The van der Waals surface area contributed by atoms with Gasteiger partial charge in [0, 0.05) is 24.1 Å². The Labute approximate surface area is 117 Å². The van der Waals surface area contributed by atoms with E-state index in [2.05, 4.69) is 9.97 Å². The Kier molecular flexibility index (Phi) is 3.93. The van der Waals surface area contributed by atoms with Gasteiger partial charge in [0.15, 0.2) is 0 Å². The van der Waals surface area contributed by atoms with Crippen molar-refractivity contribution in [3.05, 3.63) is 41.8 Å². The molecule has 6 heteroatoms. The number of nitrogens with zero attached hydrogens (tertiary/aromatic N) is 3. The topological polar surface area (TPSA) is 46.1 Å². The lowest BCUT2D eigenvalue weighted by Gasteiger charge is -2.19. The van der Waals surface area contributed by atoms with Gasteiger partial charge in [-0.1, -0.05) is 11.6 Å². The summed E-state index contributed by atoms with van der Waals surface area (Å²) in [5, 5.41) is 1.27. The first kappa shape index (κ1) is 14.0. The molecule has 19 heavy (non-hydrogen) atoms. The third-order valence-electron chi connectivity index (χ3n) is 2.82. The van der Waals surface area contributed by atoms with Gasteiger partial charge < -0.3 is 9.46 Å². The molecule has 2 rings (SSSR count). The van der Waals surface area contributed by atoms with Crippen molar-refractivity contribution in [1.82, 2.24) is 9.97 Å². The molecule has 0 bridgehead atoms. The molecule has 0 saturated heterocycles. The van der Waals surface area contributed by atoms with Crippen molar-refractivity contribution >= 4 is 35.6 Å². The molecule has 100 valence electrons. The Morgan fingerprint density at radius 3 is 2.32 bits per heavy atom. The fourth-order valence-electron chi connectivity index (χ4n) is 1.68. The Morgan fingerprint density at radius 2 is 1.79 bits per heavy atom. The van der Waals surface area contributed by atoms with Crippen LogP contribution >= 0.6 is 18.7 Å². The molecule has 0 unspecified atom stereocenters. The smallest absolute Gasteiger partial charge is 0.137 e. The molecule has 1 aromatic carbocycles. The van der Waals surface area contributed by atoms with E-state index in [0.29, 0.717) is 11.0 Å². The lowest BCUT2D eigenvalue weighted by Crippen LogP contribution is -2.12. The standard InChI is InChI=1S/C13H15ClN3OP/c1-17(13-8-12(14)15-9-16-13)10-4-6-11(7-5-10)19(2,3)18/h4-9H,1-3H3. The van der Waals surface area contributed by atoms with Crippen molar-refractivity contribution in [3.8, 4) is 0 Å². The normalized spacial score (nSPS) is 11.4. The van der Waals surface area contributed by atoms with Gasteiger partial charge in [0.05, 0.1) is 0 Å². The lowest BCUT2D eigenvalue weighted by molar-refractivity contribution is 0.588. The predicted molar refractivity (Wildman–Crippen MR) is 80.6 cm³/mol. The lowest BCUT2D eigenvalue weighted by atomic mass is 10.3. The van der Waals surface area contributed by atoms with Crippen molar-refractivity contribution in [3.63, 3.8) is 0 Å². The van der Waals surface area contributed by atoms with Gasteiger partial charge in [-0.25, -0.2) is 9.97 Å². The second-order valence-corrected chi connectivity index (χ2v) is 8.23. The molecule has 0 amide bonds. The maximum atomic E-state index is 12.0. The third kappa shape index (κ3) is 3.34. The van der Waals surface area contributed by atoms with Crippen LogP contribution in [-0.2, 0) is 4.57 Å². The number of hydrogen-bond acceptors (Lipinski definition) is 4. The Bertz CT molecular complexity index is 624. The highest BCUT2D eigenvalue weighted by atomic mass is 35.5. The van der Waals surface area contributed by atoms with E-state index < -0.39 is 7.14 Å². The minimum absolute atomic E-state index is 0.403. The SMILES string of the molecule is CN(c1ccc(P(C)(C)=O)cc1)c1cc(Cl)ncn1. The molecule has 0 radical (unpaired) electrons. The van der Waals surface area contributed by atoms with Gasteiger partial charge in [-0.3, -0.25) is 0 Å². The molecule has 1 heterocycles. The zero-order valence-corrected chi connectivity index (χ0v) is 12.7. The second kappa shape index (κ2) is 5.32. The second-order valence-electron chi connectivity index (χ2n) is 4.63. The molecule has 0 aliphatic rings. The summed E-state index contributed by atoms with van der Waals surface area (Å²) < 4.78 is 12.0. The third-order valence-corrected chi connectivity index (χ3v) is 4.57. The number of rotatable bonds is 3. The van der Waals surface area contributed by atoms with Crippen molar-refractivity contribution in [2.75, 3.05) is 25.3 Å². The summed E-state index contributed by atoms with van der Waals surface area (Å²) >= 11 is 5.85. The fraction of sp³-hybridized carbons (Fsp3) is 0.231. The summed E-state index contributed by atoms with van der Waals surface area (Å²) in [6, 6.07) is 9.31. The van der Waals surface area contributed by atoms with Crippen LogP contribution < -0.4 is 10.2 Å². The minimum atomic E-state index is -2.21. The van der Waals surface area contributed by atoms with Crippen molar-refractivity contribution in [2.45, 2.75) is 0 Å². The number of anilines is 2. The predicted octanol–water partition coefficient (Wildman–Crippen LogP) is 3.15. The molecule has 0 fully saturated rings. The minimum Gasteiger partial charge on any atom is -0.329 e. The van der Waals surface area contributed by atoms with Gasteiger partial charge in [0.2, 0.25) is 0 Å². The van der Waals surface area contributed by atoms with E-state index >= 15 is 0 Å². The summed E-state index contributed by atoms with van der Waals surface area (Å²) in [6.45, 7) is 3.52. The molecular formula is C13H15ClN3OP. The average molecular weight is 296 g/mol. The van der Waals surface area contributed by atoms with Crippen LogP contribution in [0.4, 0.5) is 11.5 Å². The molecule has 0 saturated carbocycles. The molecule has 0 aliphatic carbocycles. The summed E-state index contributed by atoms with van der Waals surface area (Å²) in [5.41, 5.74) is 0.951. The van der Waals surface area contributed by atoms with Gasteiger partial charge in [-0.15, -0.1) is 0 Å². The van der Waals surface area contributed by atoms with Gasteiger partial charge in [-0.2, -0.15) is 0 Å². The van der Waals surface area contributed by atoms with Gasteiger partial charge in [0.1, 0.15) is 24.4 Å². The maximum absolute atomic E-state index is 12.0. The van der Waals surface area contributed by atoms with Crippen molar-refractivity contribution in [2.24, 2.45) is 0 Å². The Balaban J connectivity index is 2.30. The first-order valence-corrected chi connectivity index (χ1v) is 8.73. The van der Waals surface area contributed by atoms with E-state index in [4.69, 9.17) is 11.6 Å². The van der Waals surface area contributed by atoms with Crippen LogP contribution in [0.5, 0.6) is 0 Å². The first-order valence-electron chi connectivity index (χ1n) is 5.75. The molecule has 1 aromatic heterocycles. The average Bonchev–Trinajstić information content (AvgIpc) is 2.37. The molecule has 0 aliphatic heterocycles. The number of hydrogen-bond donors (Lipinski definition) is 0. The number of halogens is 1. The summed E-state index contributed by atoms with van der Waals surface area (Å²) in [6.07, 6.45) is 1.43. The molecule has 0 spiro atoms. The van der Waals surface area contributed by atoms with E-state index in [-0.39, 0.29) is 0 Å². The van der Waals surface area contributed by atoms with E-state index in [9.17, 15) is 4.57 Å². The van der Waals surface area contributed by atoms with E-state index in [1.165, 1.54) is 6.33 Å². The van der Waals surface area contributed by atoms with E-state index in [1.807, 2.05) is 36.2 Å². The van der Waals surface area contributed by atoms with Crippen LogP contribution in [0.15, 0.2) is 36.7 Å². The largest absolute Gasteiger partial charge is 0.329 e. The van der Waals surface area contributed by atoms with Crippen LogP contribution in [0.25, 0.3) is 0 Å². The van der Waals surface area contributed by atoms with Gasteiger partial charge >= 0.3 is 0 Å². The molecule has 0 N–H and O–H groups in total. The first-order chi connectivity index (χ1) is 8.88. The summed E-state index contributed by atoms with van der Waals surface area (Å²) in [4.78, 5) is 9.91. The van der Waals surface area contributed by atoms with Crippen molar-refractivity contribution < 1.29 is 4.57 Å². The zero-order chi connectivity index (χ0) is 14.0. The monoisotopic (exact) mass is 295 g/mol. The molecular weight excluding hydrogens is 281 g/mol. The van der Waals surface area contributed by atoms with Gasteiger partial charge in [-0.05, 0) is 37.6 Å². The summed E-state index contributed by atoms with van der Waals surface area (Å²) in [5.74, 6) is 0.712. The maximum Gasteiger partial charge on any atom is 0.137 e. The molecule has 4 nitrogen and oxygen atoms in total. The summed E-state index contributed by atoms with van der Waals surface area (Å²) in [7, 11) is -0.319. The van der Waals surface area contributed by atoms with Crippen LogP contribution in [0.3, 0.4) is 0 Å². The Morgan fingerprint density at radius 1 is 1.16 bits per heavy atom. The van der Waals surface area contributed by atoms with Gasteiger partial charge in [0.25, 0.3) is 0 Å². The van der Waals surface area contributed by atoms with Crippen LogP contribution in [0.1, 0.15) is 0 Å². The number of benzene rings is 1.